The number of pyridine rings is 1. The molecule has 0 bridgehead atoms. The summed E-state index contributed by atoms with van der Waals surface area (Å²) in [4.78, 5) is 26.9. The molecule has 0 saturated carbocycles. The van der Waals surface area contributed by atoms with Gasteiger partial charge in [-0.2, -0.15) is 0 Å². The fourth-order valence-corrected chi connectivity index (χ4v) is 2.51. The largest absolute Gasteiger partial charge is 0.479 e. The molecule has 0 aliphatic rings. The number of aliphatic hydroxyl groups is 1. The number of ether oxygens (including phenoxy) is 1. The van der Waals surface area contributed by atoms with Crippen molar-refractivity contribution in [2.45, 2.75) is 18.9 Å². The van der Waals surface area contributed by atoms with Crippen molar-refractivity contribution >= 4 is 33.6 Å². The number of esters is 1. The molecule has 6 heteroatoms. The molecule has 2 aromatic carbocycles. The zero-order valence-corrected chi connectivity index (χ0v) is 12.7. The highest BCUT2D eigenvalue weighted by Crippen LogP contribution is 2.31. The number of aliphatic hydroxyl groups excluding tert-OH is 1. The highest BCUT2D eigenvalue weighted by atomic mass is 16.5. The monoisotopic (exact) mass is 325 g/mol. The highest BCUT2D eigenvalue weighted by Gasteiger charge is 2.17. The third-order valence-electron chi connectivity index (χ3n) is 3.71. The number of rotatable bonds is 5. The molecule has 2 N–H and O–H groups in total. The average molecular weight is 325 g/mol. The van der Waals surface area contributed by atoms with E-state index in [4.69, 9.17) is 9.84 Å². The first-order valence-electron chi connectivity index (χ1n) is 7.44. The second-order valence-corrected chi connectivity index (χ2v) is 5.36. The van der Waals surface area contributed by atoms with Gasteiger partial charge in [0.25, 0.3) is 0 Å². The molecular formula is C18H15NO5. The van der Waals surface area contributed by atoms with E-state index in [-0.39, 0.29) is 12.8 Å². The number of aliphatic carboxylic acids is 1. The van der Waals surface area contributed by atoms with Crippen LogP contribution in [0.4, 0.5) is 0 Å². The third-order valence-corrected chi connectivity index (χ3v) is 3.71. The number of hydrogen-bond acceptors (Lipinski definition) is 5. The Bertz CT molecular complexity index is 922. The topological polar surface area (TPSA) is 96.7 Å². The molecule has 1 atom stereocenters. The summed E-state index contributed by atoms with van der Waals surface area (Å²) in [5.74, 6) is -1.59. The summed E-state index contributed by atoms with van der Waals surface area (Å²) in [6.45, 7) is 0. The number of nitrogens with zero attached hydrogens (tertiary/aromatic N) is 1. The van der Waals surface area contributed by atoms with E-state index in [1.165, 1.54) is 0 Å². The fraction of sp³-hybridized carbons (Fsp3) is 0.167. The lowest BCUT2D eigenvalue weighted by Gasteiger charge is -2.10. The lowest BCUT2D eigenvalue weighted by atomic mass is 10.1. The quantitative estimate of drug-likeness (QED) is 0.425. The molecule has 0 aliphatic carbocycles. The second kappa shape index (κ2) is 6.64. The molecule has 3 aromatic rings. The van der Waals surface area contributed by atoms with E-state index in [0.29, 0.717) is 11.3 Å². The Labute approximate surface area is 137 Å². The van der Waals surface area contributed by atoms with Gasteiger partial charge in [0.2, 0.25) is 0 Å². The molecule has 24 heavy (non-hydrogen) atoms. The summed E-state index contributed by atoms with van der Waals surface area (Å²) in [6, 6.07) is 12.9. The molecular weight excluding hydrogens is 310 g/mol. The van der Waals surface area contributed by atoms with Gasteiger partial charge < -0.3 is 14.9 Å². The van der Waals surface area contributed by atoms with Crippen molar-refractivity contribution in [2.75, 3.05) is 0 Å². The Morgan fingerprint density at radius 1 is 1.12 bits per heavy atom. The lowest BCUT2D eigenvalue weighted by molar-refractivity contribution is -0.147. The van der Waals surface area contributed by atoms with Crippen LogP contribution in [0.1, 0.15) is 12.8 Å². The Kier molecular flexibility index (Phi) is 4.39. The van der Waals surface area contributed by atoms with E-state index >= 15 is 0 Å². The van der Waals surface area contributed by atoms with E-state index < -0.39 is 18.0 Å². The van der Waals surface area contributed by atoms with Gasteiger partial charge in [0, 0.05) is 18.0 Å². The Morgan fingerprint density at radius 3 is 2.71 bits per heavy atom. The molecule has 0 radical (unpaired) electrons. The van der Waals surface area contributed by atoms with Crippen molar-refractivity contribution in [1.29, 1.82) is 0 Å². The standard InChI is InChI=1S/C18H15NO5/c20-14(18(22)23)8-9-16(21)24-15-7-3-6-13-17(15)12-5-2-1-4-11(12)10-19-13/h1-7,10,14,20H,8-9H2,(H,22,23). The summed E-state index contributed by atoms with van der Waals surface area (Å²) in [6.07, 6.45) is -0.209. The van der Waals surface area contributed by atoms with Crippen LogP contribution in [0.3, 0.4) is 0 Å². The van der Waals surface area contributed by atoms with Crippen LogP contribution < -0.4 is 4.74 Å². The summed E-state index contributed by atoms with van der Waals surface area (Å²) in [5, 5.41) is 20.4. The number of carboxylic acids is 1. The molecule has 0 fully saturated rings. The maximum absolute atomic E-state index is 12.0. The number of benzene rings is 2. The molecule has 6 nitrogen and oxygen atoms in total. The summed E-state index contributed by atoms with van der Waals surface area (Å²) in [5.41, 5.74) is 0.699. The third kappa shape index (κ3) is 3.18. The summed E-state index contributed by atoms with van der Waals surface area (Å²) >= 11 is 0. The predicted octanol–water partition coefficient (Wildman–Crippen LogP) is 2.52. The smallest absolute Gasteiger partial charge is 0.332 e. The van der Waals surface area contributed by atoms with Crippen molar-refractivity contribution in [3.8, 4) is 5.75 Å². The van der Waals surface area contributed by atoms with Crippen LogP contribution in [0.2, 0.25) is 0 Å². The Balaban J connectivity index is 1.91. The van der Waals surface area contributed by atoms with Gasteiger partial charge in [-0.25, -0.2) is 4.79 Å². The first-order valence-corrected chi connectivity index (χ1v) is 7.44. The van der Waals surface area contributed by atoms with E-state index in [1.54, 1.807) is 18.3 Å². The van der Waals surface area contributed by atoms with Gasteiger partial charge in [-0.15, -0.1) is 0 Å². The maximum Gasteiger partial charge on any atom is 0.332 e. The molecule has 1 unspecified atom stereocenters. The number of hydrogen-bond donors (Lipinski definition) is 2. The van der Waals surface area contributed by atoms with Gasteiger partial charge in [-0.1, -0.05) is 30.3 Å². The Morgan fingerprint density at radius 2 is 1.92 bits per heavy atom. The van der Waals surface area contributed by atoms with E-state index in [1.807, 2.05) is 30.3 Å². The minimum Gasteiger partial charge on any atom is -0.479 e. The first kappa shape index (κ1) is 15.9. The van der Waals surface area contributed by atoms with Gasteiger partial charge in [-0.3, -0.25) is 9.78 Å². The lowest BCUT2D eigenvalue weighted by Crippen LogP contribution is -2.21. The number of carbonyl (C=O) groups is 2. The second-order valence-electron chi connectivity index (χ2n) is 5.36. The summed E-state index contributed by atoms with van der Waals surface area (Å²) in [7, 11) is 0. The number of fused-ring (bicyclic) bond motifs is 3. The first-order chi connectivity index (χ1) is 11.6. The van der Waals surface area contributed by atoms with Gasteiger partial charge in [0.05, 0.1) is 10.9 Å². The van der Waals surface area contributed by atoms with Crippen molar-refractivity contribution < 1.29 is 24.5 Å². The van der Waals surface area contributed by atoms with Crippen LogP contribution in [0.15, 0.2) is 48.7 Å². The van der Waals surface area contributed by atoms with Crippen molar-refractivity contribution in [2.24, 2.45) is 0 Å². The van der Waals surface area contributed by atoms with Crippen LogP contribution in [0.25, 0.3) is 21.7 Å². The fourth-order valence-electron chi connectivity index (χ4n) is 2.51. The Hall–Kier alpha value is -2.99. The minimum atomic E-state index is -1.58. The maximum atomic E-state index is 12.0. The minimum absolute atomic E-state index is 0.192. The number of carboxylic acid groups (broad SMARTS) is 1. The molecule has 1 heterocycles. The van der Waals surface area contributed by atoms with E-state index in [0.717, 1.165) is 16.2 Å². The predicted molar refractivity (Wildman–Crippen MR) is 87.8 cm³/mol. The summed E-state index contributed by atoms with van der Waals surface area (Å²) < 4.78 is 5.38. The van der Waals surface area contributed by atoms with Crippen molar-refractivity contribution in [3.05, 3.63) is 48.7 Å². The molecule has 3 rings (SSSR count). The molecule has 0 saturated heterocycles. The van der Waals surface area contributed by atoms with Crippen LogP contribution in [0, 0.1) is 0 Å². The van der Waals surface area contributed by atoms with Crippen molar-refractivity contribution in [3.63, 3.8) is 0 Å². The van der Waals surface area contributed by atoms with Crippen LogP contribution in [0.5, 0.6) is 5.75 Å². The van der Waals surface area contributed by atoms with E-state index in [2.05, 4.69) is 4.98 Å². The number of aromatic nitrogens is 1. The van der Waals surface area contributed by atoms with Gasteiger partial charge in [-0.05, 0) is 23.9 Å². The zero-order valence-electron chi connectivity index (χ0n) is 12.7. The molecule has 0 aliphatic heterocycles. The average Bonchev–Trinajstić information content (AvgIpc) is 2.59. The highest BCUT2D eigenvalue weighted by molar-refractivity contribution is 6.09. The van der Waals surface area contributed by atoms with Gasteiger partial charge in [0.1, 0.15) is 5.75 Å². The molecule has 122 valence electrons. The van der Waals surface area contributed by atoms with E-state index in [9.17, 15) is 14.7 Å². The molecule has 1 aromatic heterocycles. The normalized spacial score (nSPS) is 12.2. The molecule has 0 amide bonds. The van der Waals surface area contributed by atoms with Gasteiger partial charge in [0.15, 0.2) is 6.10 Å². The van der Waals surface area contributed by atoms with Crippen LogP contribution in [-0.4, -0.2) is 33.2 Å². The SMILES string of the molecule is O=C(CCC(O)C(=O)O)Oc1cccc2ncc3ccccc3c12. The number of carbonyl (C=O) groups excluding carboxylic acids is 1. The van der Waals surface area contributed by atoms with Crippen LogP contribution in [-0.2, 0) is 9.59 Å². The molecule has 0 spiro atoms. The van der Waals surface area contributed by atoms with Crippen LogP contribution >= 0.6 is 0 Å². The van der Waals surface area contributed by atoms with Crippen molar-refractivity contribution in [1.82, 2.24) is 4.98 Å². The van der Waals surface area contributed by atoms with Gasteiger partial charge >= 0.3 is 11.9 Å². The zero-order chi connectivity index (χ0) is 17.1.